The van der Waals surface area contributed by atoms with E-state index >= 15 is 0 Å². The van der Waals surface area contributed by atoms with Crippen LogP contribution in [0.2, 0.25) is 0 Å². The van der Waals surface area contributed by atoms with E-state index in [2.05, 4.69) is 38.0 Å². The van der Waals surface area contributed by atoms with Gasteiger partial charge in [0.15, 0.2) is 5.82 Å². The summed E-state index contributed by atoms with van der Waals surface area (Å²) in [6.45, 7) is 2.99. The zero-order valence-electron chi connectivity index (χ0n) is 16.6. The number of aromatic nitrogens is 2. The molecule has 1 saturated heterocycles. The van der Waals surface area contributed by atoms with E-state index in [1.807, 2.05) is 24.0 Å². The quantitative estimate of drug-likeness (QED) is 0.525. The van der Waals surface area contributed by atoms with E-state index in [4.69, 9.17) is 9.47 Å². The third-order valence-electron chi connectivity index (χ3n) is 5.23. The number of halogens is 1. The first-order valence-corrected chi connectivity index (χ1v) is 11.0. The van der Waals surface area contributed by atoms with Crippen LogP contribution in [0, 0.1) is 6.92 Å². The zero-order valence-corrected chi connectivity index (χ0v) is 19.0. The van der Waals surface area contributed by atoms with Crippen LogP contribution in [0.4, 0.5) is 0 Å². The van der Waals surface area contributed by atoms with E-state index in [0.717, 1.165) is 45.2 Å². The van der Waals surface area contributed by atoms with Gasteiger partial charge in [0.25, 0.3) is 5.91 Å². The molecule has 29 heavy (non-hydrogen) atoms. The average molecular weight is 476 g/mol. The van der Waals surface area contributed by atoms with Crippen molar-refractivity contribution in [1.29, 1.82) is 0 Å². The number of hydrogen-bond donors (Lipinski definition) is 0. The molecule has 0 saturated carbocycles. The van der Waals surface area contributed by atoms with Crippen LogP contribution in [0.25, 0.3) is 10.2 Å². The Hall–Kier alpha value is -2.03. The number of carbonyl (C=O) groups excluding carboxylic acids is 1. The van der Waals surface area contributed by atoms with Gasteiger partial charge in [-0.3, -0.25) is 4.79 Å². The smallest absolute Gasteiger partial charge is 0.264 e. The van der Waals surface area contributed by atoms with E-state index in [0.29, 0.717) is 23.2 Å². The molecule has 0 spiro atoms. The molecule has 1 atom stereocenters. The summed E-state index contributed by atoms with van der Waals surface area (Å²) in [6, 6.07) is 8.32. The molecule has 8 heteroatoms. The first-order chi connectivity index (χ1) is 14.0. The van der Waals surface area contributed by atoms with Crippen molar-refractivity contribution in [3.63, 3.8) is 0 Å². The SMILES string of the molecule is COCc1nc(OC)c2c(C)c(C(=O)N3CCCC3c3ccc(Br)cc3)sc2n1. The third kappa shape index (κ3) is 3.76. The Labute approximate surface area is 182 Å². The number of thiophene rings is 1. The van der Waals surface area contributed by atoms with Gasteiger partial charge < -0.3 is 14.4 Å². The standard InChI is InChI=1S/C21H22BrN3O3S/c1-12-17-19(28-3)23-16(11-27-2)24-20(17)29-18(12)21(26)25-10-4-5-15(25)13-6-8-14(22)9-7-13/h6-9,15H,4-5,10-11H2,1-3H3. The fourth-order valence-corrected chi connectivity index (χ4v) is 5.27. The van der Waals surface area contributed by atoms with Gasteiger partial charge in [0.05, 0.1) is 23.4 Å². The molecular formula is C21H22BrN3O3S. The predicted molar refractivity (Wildman–Crippen MR) is 117 cm³/mol. The minimum atomic E-state index is 0.0475. The number of methoxy groups -OCH3 is 2. The number of nitrogens with zero attached hydrogens (tertiary/aromatic N) is 3. The topological polar surface area (TPSA) is 64.6 Å². The van der Waals surface area contributed by atoms with Gasteiger partial charge in [0.1, 0.15) is 11.4 Å². The summed E-state index contributed by atoms with van der Waals surface area (Å²) in [4.78, 5) is 26.0. The first-order valence-electron chi connectivity index (χ1n) is 9.42. The van der Waals surface area contributed by atoms with E-state index < -0.39 is 0 Å². The molecule has 6 nitrogen and oxygen atoms in total. The molecule has 1 unspecified atom stereocenters. The van der Waals surface area contributed by atoms with Crippen LogP contribution < -0.4 is 4.74 Å². The van der Waals surface area contributed by atoms with Gasteiger partial charge in [0.2, 0.25) is 5.88 Å². The highest BCUT2D eigenvalue weighted by atomic mass is 79.9. The molecule has 3 heterocycles. The Morgan fingerprint density at radius 3 is 2.72 bits per heavy atom. The van der Waals surface area contributed by atoms with E-state index in [1.165, 1.54) is 11.3 Å². The lowest BCUT2D eigenvalue weighted by molar-refractivity contribution is 0.0740. The second kappa shape index (κ2) is 8.38. The van der Waals surface area contributed by atoms with Crippen molar-refractivity contribution >= 4 is 43.4 Å². The second-order valence-corrected chi connectivity index (χ2v) is 8.94. The van der Waals surface area contributed by atoms with Crippen LogP contribution in [0.15, 0.2) is 28.7 Å². The number of rotatable bonds is 5. The number of ether oxygens (including phenoxy) is 2. The fourth-order valence-electron chi connectivity index (χ4n) is 3.86. The molecule has 0 aliphatic carbocycles. The molecule has 1 aliphatic heterocycles. The number of carbonyl (C=O) groups is 1. The number of fused-ring (bicyclic) bond motifs is 1. The average Bonchev–Trinajstić information content (AvgIpc) is 3.33. The molecule has 1 aliphatic rings. The molecule has 3 aromatic rings. The van der Waals surface area contributed by atoms with Crippen LogP contribution >= 0.6 is 27.3 Å². The van der Waals surface area contributed by atoms with E-state index in [9.17, 15) is 4.79 Å². The number of hydrogen-bond acceptors (Lipinski definition) is 6. The lowest BCUT2D eigenvalue weighted by Gasteiger charge is -2.25. The van der Waals surface area contributed by atoms with E-state index in [1.54, 1.807) is 14.2 Å². The fraction of sp³-hybridized carbons (Fsp3) is 0.381. The zero-order chi connectivity index (χ0) is 20.5. The number of likely N-dealkylation sites (tertiary alicyclic amines) is 1. The molecule has 0 radical (unpaired) electrons. The van der Waals surface area contributed by atoms with Gasteiger partial charge in [-0.2, -0.15) is 4.98 Å². The van der Waals surface area contributed by atoms with Crippen molar-refractivity contribution in [2.45, 2.75) is 32.4 Å². The molecular weight excluding hydrogens is 454 g/mol. The molecule has 1 aromatic carbocycles. The Balaban J connectivity index is 1.72. The molecule has 0 bridgehead atoms. The predicted octanol–water partition coefficient (Wildman–Crippen LogP) is 4.89. The highest BCUT2D eigenvalue weighted by Crippen LogP contribution is 2.39. The van der Waals surface area contributed by atoms with Crippen LogP contribution in [-0.4, -0.2) is 41.5 Å². The summed E-state index contributed by atoms with van der Waals surface area (Å²) in [6.07, 6.45) is 1.97. The minimum Gasteiger partial charge on any atom is -0.480 e. The van der Waals surface area contributed by atoms with Gasteiger partial charge in [-0.15, -0.1) is 11.3 Å². The Morgan fingerprint density at radius 2 is 2.03 bits per heavy atom. The van der Waals surface area contributed by atoms with Gasteiger partial charge in [0, 0.05) is 18.1 Å². The Kier molecular flexibility index (Phi) is 5.85. The summed E-state index contributed by atoms with van der Waals surface area (Å²) in [5.41, 5.74) is 2.04. The van der Waals surface area contributed by atoms with Crippen LogP contribution in [0.1, 0.15) is 45.5 Å². The minimum absolute atomic E-state index is 0.0475. The summed E-state index contributed by atoms with van der Waals surface area (Å²) in [5.74, 6) is 1.08. The summed E-state index contributed by atoms with van der Waals surface area (Å²) < 4.78 is 11.7. The normalized spacial score (nSPS) is 16.6. The van der Waals surface area contributed by atoms with Crippen molar-refractivity contribution < 1.29 is 14.3 Å². The van der Waals surface area contributed by atoms with Gasteiger partial charge in [-0.05, 0) is 43.0 Å². The lowest BCUT2D eigenvalue weighted by Crippen LogP contribution is -2.30. The molecule has 2 aromatic heterocycles. The van der Waals surface area contributed by atoms with Crippen molar-refractivity contribution in [3.05, 3.63) is 50.6 Å². The van der Waals surface area contributed by atoms with Crippen molar-refractivity contribution in [2.75, 3.05) is 20.8 Å². The van der Waals surface area contributed by atoms with Crippen molar-refractivity contribution in [2.24, 2.45) is 0 Å². The first kappa shape index (κ1) is 20.3. The third-order valence-corrected chi connectivity index (χ3v) is 6.94. The molecule has 1 fully saturated rings. The Morgan fingerprint density at radius 1 is 1.28 bits per heavy atom. The molecule has 152 valence electrons. The van der Waals surface area contributed by atoms with Crippen LogP contribution in [0.5, 0.6) is 5.88 Å². The van der Waals surface area contributed by atoms with E-state index in [-0.39, 0.29) is 11.9 Å². The molecule has 0 N–H and O–H groups in total. The lowest BCUT2D eigenvalue weighted by atomic mass is 10.0. The maximum absolute atomic E-state index is 13.5. The maximum Gasteiger partial charge on any atom is 0.264 e. The highest BCUT2D eigenvalue weighted by Gasteiger charge is 2.33. The van der Waals surface area contributed by atoms with Gasteiger partial charge in [-0.1, -0.05) is 28.1 Å². The second-order valence-electron chi connectivity index (χ2n) is 7.03. The van der Waals surface area contributed by atoms with Crippen LogP contribution in [-0.2, 0) is 11.3 Å². The molecule has 4 rings (SSSR count). The molecule has 1 amide bonds. The summed E-state index contributed by atoms with van der Waals surface area (Å²) >= 11 is 4.88. The number of aryl methyl sites for hydroxylation is 1. The van der Waals surface area contributed by atoms with Gasteiger partial charge in [-0.25, -0.2) is 4.98 Å². The Bertz CT molecular complexity index is 1050. The summed E-state index contributed by atoms with van der Waals surface area (Å²) in [5, 5.41) is 0.806. The number of benzene rings is 1. The van der Waals surface area contributed by atoms with Gasteiger partial charge >= 0.3 is 0 Å². The van der Waals surface area contributed by atoms with Crippen LogP contribution in [0.3, 0.4) is 0 Å². The monoisotopic (exact) mass is 475 g/mol. The largest absolute Gasteiger partial charge is 0.480 e. The number of amides is 1. The maximum atomic E-state index is 13.5. The van der Waals surface area contributed by atoms with Crippen molar-refractivity contribution in [3.8, 4) is 5.88 Å². The highest BCUT2D eigenvalue weighted by molar-refractivity contribution is 9.10. The van der Waals surface area contributed by atoms with Crippen molar-refractivity contribution in [1.82, 2.24) is 14.9 Å². The summed E-state index contributed by atoms with van der Waals surface area (Å²) in [7, 11) is 3.19.